The number of halogens is 1. The van der Waals surface area contributed by atoms with Gasteiger partial charge in [0.25, 0.3) is 0 Å². The van der Waals surface area contributed by atoms with Crippen LogP contribution in [0.15, 0.2) is 29.6 Å². The van der Waals surface area contributed by atoms with Crippen LogP contribution in [0.3, 0.4) is 0 Å². The number of anilines is 3. The molecule has 0 bridgehead atoms. The molecule has 5 rings (SSSR count). The van der Waals surface area contributed by atoms with Crippen LogP contribution in [-0.2, 0) is 4.79 Å². The minimum atomic E-state index is -0.788. The maximum absolute atomic E-state index is 15.0. The second-order valence-corrected chi connectivity index (χ2v) is 8.82. The van der Waals surface area contributed by atoms with E-state index in [0.29, 0.717) is 30.8 Å². The van der Waals surface area contributed by atoms with Crippen molar-refractivity contribution < 1.29 is 9.18 Å². The highest BCUT2D eigenvalue weighted by molar-refractivity contribution is 7.17. The van der Waals surface area contributed by atoms with Gasteiger partial charge in [-0.05, 0) is 36.4 Å². The van der Waals surface area contributed by atoms with Crippen LogP contribution in [-0.4, -0.2) is 53.0 Å². The SMILES string of the molecule is NC(=O)C(c1ccc(Nc2nc(NC3CC3)c3sccc3n2)cc1F)N1CCNCC1. The summed E-state index contributed by atoms with van der Waals surface area (Å²) in [5, 5.41) is 11.7. The standard InChI is InChI=1S/C21H24FN7OS/c22-15-11-13(3-4-14(15)17(19(23)30)29-8-6-24-7-9-29)26-21-27-16-5-10-31-18(16)20(28-21)25-12-1-2-12/h3-5,10-12,17,24H,1-2,6-9H2,(H2,23,30)(H2,25,26,27,28). The van der Waals surface area contributed by atoms with Crippen LogP contribution >= 0.6 is 11.3 Å². The van der Waals surface area contributed by atoms with Crippen molar-refractivity contribution in [2.75, 3.05) is 36.8 Å². The third kappa shape index (κ3) is 4.32. The van der Waals surface area contributed by atoms with Gasteiger partial charge in [0.15, 0.2) is 0 Å². The summed E-state index contributed by atoms with van der Waals surface area (Å²) in [6.45, 7) is 2.76. The molecule has 8 nitrogen and oxygen atoms in total. The lowest BCUT2D eigenvalue weighted by molar-refractivity contribution is -0.123. The summed E-state index contributed by atoms with van der Waals surface area (Å²) in [4.78, 5) is 23.2. The van der Waals surface area contributed by atoms with Gasteiger partial charge in [0, 0.05) is 43.5 Å². The molecule has 162 valence electrons. The van der Waals surface area contributed by atoms with E-state index >= 15 is 4.39 Å². The molecule has 3 heterocycles. The third-order valence-corrected chi connectivity index (χ3v) is 6.47. The predicted molar refractivity (Wildman–Crippen MR) is 120 cm³/mol. The molecule has 3 aromatic rings. The van der Waals surface area contributed by atoms with Gasteiger partial charge in [-0.1, -0.05) is 6.07 Å². The molecule has 5 N–H and O–H groups in total. The average molecular weight is 442 g/mol. The summed E-state index contributed by atoms with van der Waals surface area (Å²) in [5.74, 6) is 0.160. The molecule has 1 aliphatic heterocycles. The highest BCUT2D eigenvalue weighted by atomic mass is 32.1. The first kappa shape index (κ1) is 20.1. The number of nitrogens with zero attached hydrogens (tertiary/aromatic N) is 3. The number of rotatable bonds is 7. The number of carbonyl (C=O) groups excluding carboxylic acids is 1. The molecule has 1 aliphatic carbocycles. The molecule has 1 unspecified atom stereocenters. The summed E-state index contributed by atoms with van der Waals surface area (Å²) >= 11 is 1.59. The van der Waals surface area contributed by atoms with Gasteiger partial charge in [-0.3, -0.25) is 9.69 Å². The number of aromatic nitrogens is 2. The Morgan fingerprint density at radius 1 is 1.26 bits per heavy atom. The van der Waals surface area contributed by atoms with E-state index in [2.05, 4.69) is 25.9 Å². The van der Waals surface area contributed by atoms with Crippen molar-refractivity contribution in [2.45, 2.75) is 24.9 Å². The zero-order chi connectivity index (χ0) is 21.4. The Kier molecular flexibility index (Phi) is 5.43. The van der Waals surface area contributed by atoms with Crippen LogP contribution in [0.2, 0.25) is 0 Å². The van der Waals surface area contributed by atoms with Gasteiger partial charge in [0.2, 0.25) is 11.9 Å². The number of thiophene rings is 1. The Labute approximate surface area is 183 Å². The summed E-state index contributed by atoms with van der Waals surface area (Å²) in [5.41, 5.74) is 7.26. The molecule has 1 amide bonds. The minimum absolute atomic E-state index is 0.283. The van der Waals surface area contributed by atoms with Crippen LogP contribution in [0.25, 0.3) is 10.2 Å². The number of fused-ring (bicyclic) bond motifs is 1. The van der Waals surface area contributed by atoms with Crippen LogP contribution in [0, 0.1) is 5.82 Å². The highest BCUT2D eigenvalue weighted by Crippen LogP contribution is 2.33. The van der Waals surface area contributed by atoms with E-state index in [9.17, 15) is 4.79 Å². The Morgan fingerprint density at radius 3 is 2.77 bits per heavy atom. The lowest BCUT2D eigenvalue weighted by atomic mass is 10.0. The monoisotopic (exact) mass is 441 g/mol. The van der Waals surface area contributed by atoms with Crippen molar-refractivity contribution in [1.29, 1.82) is 0 Å². The lowest BCUT2D eigenvalue weighted by Crippen LogP contribution is -2.48. The van der Waals surface area contributed by atoms with E-state index in [0.717, 1.165) is 42.0 Å². The number of primary amides is 1. The Balaban J connectivity index is 1.40. The Morgan fingerprint density at radius 2 is 2.06 bits per heavy atom. The minimum Gasteiger partial charge on any atom is -0.368 e. The number of nitrogens with two attached hydrogens (primary N) is 1. The van der Waals surface area contributed by atoms with Crippen molar-refractivity contribution in [1.82, 2.24) is 20.2 Å². The molecule has 1 aromatic carbocycles. The first-order valence-corrected chi connectivity index (χ1v) is 11.3. The smallest absolute Gasteiger partial charge is 0.239 e. The quantitative estimate of drug-likeness (QED) is 0.446. The van der Waals surface area contributed by atoms with Crippen molar-refractivity contribution >= 4 is 44.9 Å². The van der Waals surface area contributed by atoms with Crippen LogP contribution in [0.5, 0.6) is 0 Å². The van der Waals surface area contributed by atoms with E-state index < -0.39 is 17.8 Å². The van der Waals surface area contributed by atoms with Crippen molar-refractivity contribution in [3.05, 3.63) is 41.0 Å². The topological polar surface area (TPSA) is 108 Å². The predicted octanol–water partition coefficient (Wildman–Crippen LogP) is 2.58. The maximum atomic E-state index is 15.0. The van der Waals surface area contributed by atoms with E-state index in [4.69, 9.17) is 5.73 Å². The fourth-order valence-electron chi connectivity index (χ4n) is 3.86. The zero-order valence-electron chi connectivity index (χ0n) is 16.9. The van der Waals surface area contributed by atoms with Crippen molar-refractivity contribution in [3.8, 4) is 0 Å². The van der Waals surface area contributed by atoms with E-state index in [1.165, 1.54) is 6.07 Å². The molecular weight excluding hydrogens is 417 g/mol. The summed E-state index contributed by atoms with van der Waals surface area (Å²) in [6.07, 6.45) is 2.28. The molecule has 2 aliphatic rings. The molecule has 1 saturated heterocycles. The maximum Gasteiger partial charge on any atom is 0.239 e. The lowest BCUT2D eigenvalue weighted by Gasteiger charge is -2.33. The number of benzene rings is 1. The first-order chi connectivity index (χ1) is 15.1. The third-order valence-electron chi connectivity index (χ3n) is 5.56. The number of hydrogen-bond acceptors (Lipinski definition) is 8. The Bertz CT molecular complexity index is 1110. The van der Waals surface area contributed by atoms with Crippen molar-refractivity contribution in [2.24, 2.45) is 5.73 Å². The molecule has 0 radical (unpaired) electrons. The number of nitrogens with one attached hydrogen (secondary N) is 3. The molecule has 31 heavy (non-hydrogen) atoms. The molecule has 10 heteroatoms. The van der Waals surface area contributed by atoms with Gasteiger partial charge in [-0.25, -0.2) is 9.37 Å². The largest absolute Gasteiger partial charge is 0.368 e. The fourth-order valence-corrected chi connectivity index (χ4v) is 4.65. The molecule has 1 atom stereocenters. The molecule has 2 fully saturated rings. The molecule has 1 saturated carbocycles. The van der Waals surface area contributed by atoms with Crippen LogP contribution < -0.4 is 21.7 Å². The second kappa shape index (κ2) is 8.37. The van der Waals surface area contributed by atoms with E-state index in [-0.39, 0.29) is 5.56 Å². The second-order valence-electron chi connectivity index (χ2n) is 7.90. The van der Waals surface area contributed by atoms with E-state index in [1.807, 2.05) is 16.3 Å². The van der Waals surface area contributed by atoms with Gasteiger partial charge < -0.3 is 21.7 Å². The summed E-state index contributed by atoms with van der Waals surface area (Å²) < 4.78 is 16.1. The van der Waals surface area contributed by atoms with Gasteiger partial charge in [-0.15, -0.1) is 11.3 Å². The summed E-state index contributed by atoms with van der Waals surface area (Å²) in [7, 11) is 0. The molecular formula is C21H24FN7OS. The first-order valence-electron chi connectivity index (χ1n) is 10.4. The highest BCUT2D eigenvalue weighted by Gasteiger charge is 2.29. The number of piperazine rings is 1. The van der Waals surface area contributed by atoms with Gasteiger partial charge in [-0.2, -0.15) is 4.98 Å². The normalized spacial score (nSPS) is 18.1. The van der Waals surface area contributed by atoms with Crippen LogP contribution in [0.1, 0.15) is 24.4 Å². The number of hydrogen-bond donors (Lipinski definition) is 4. The van der Waals surface area contributed by atoms with Crippen LogP contribution in [0.4, 0.5) is 21.8 Å². The van der Waals surface area contributed by atoms with Gasteiger partial charge in [0.05, 0.1) is 10.2 Å². The van der Waals surface area contributed by atoms with Crippen molar-refractivity contribution in [3.63, 3.8) is 0 Å². The molecule has 0 spiro atoms. The number of amides is 1. The Hall–Kier alpha value is -2.82. The zero-order valence-corrected chi connectivity index (χ0v) is 17.7. The van der Waals surface area contributed by atoms with Gasteiger partial charge in [0.1, 0.15) is 17.7 Å². The molecule has 2 aromatic heterocycles. The summed E-state index contributed by atoms with van der Waals surface area (Å²) in [6, 6.07) is 6.32. The van der Waals surface area contributed by atoms with Gasteiger partial charge >= 0.3 is 0 Å². The average Bonchev–Trinajstić information content (AvgIpc) is 3.43. The van der Waals surface area contributed by atoms with E-state index in [1.54, 1.807) is 23.5 Å². The number of carbonyl (C=O) groups is 1. The fraction of sp³-hybridized carbons (Fsp3) is 0.381.